The third-order valence-electron chi connectivity index (χ3n) is 3.58. The second kappa shape index (κ2) is 6.29. The molecule has 0 unspecified atom stereocenters. The van der Waals surface area contributed by atoms with Gasteiger partial charge in [0.25, 0.3) is 0 Å². The van der Waals surface area contributed by atoms with E-state index in [0.717, 1.165) is 41.3 Å². The van der Waals surface area contributed by atoms with Crippen molar-refractivity contribution in [2.75, 3.05) is 6.54 Å². The van der Waals surface area contributed by atoms with Gasteiger partial charge in [0, 0.05) is 18.0 Å². The Morgan fingerprint density at radius 3 is 2.67 bits per heavy atom. The van der Waals surface area contributed by atoms with E-state index in [-0.39, 0.29) is 0 Å². The van der Waals surface area contributed by atoms with E-state index < -0.39 is 0 Å². The van der Waals surface area contributed by atoms with Gasteiger partial charge in [-0.2, -0.15) is 0 Å². The van der Waals surface area contributed by atoms with Gasteiger partial charge < -0.3 is 10.3 Å². The summed E-state index contributed by atoms with van der Waals surface area (Å²) < 4.78 is 2.24. The summed E-state index contributed by atoms with van der Waals surface area (Å²) in [6.45, 7) is 1.48. The predicted molar refractivity (Wildman–Crippen MR) is 87.7 cm³/mol. The van der Waals surface area contributed by atoms with Crippen LogP contribution < -0.4 is 5.73 Å². The highest BCUT2D eigenvalue weighted by Gasteiger charge is 2.11. The molecule has 4 heteroatoms. The highest BCUT2D eigenvalue weighted by Crippen LogP contribution is 2.22. The molecule has 0 radical (unpaired) electrons. The number of rotatable bonds is 5. The third kappa shape index (κ3) is 3.09. The second-order valence-electron chi connectivity index (χ2n) is 5.13. The van der Waals surface area contributed by atoms with Crippen molar-refractivity contribution in [3.63, 3.8) is 0 Å². The van der Waals surface area contributed by atoms with Crippen molar-refractivity contribution in [3.8, 4) is 0 Å². The Bertz CT molecular complexity index is 734. The van der Waals surface area contributed by atoms with Crippen LogP contribution in [-0.2, 0) is 13.0 Å². The molecule has 0 amide bonds. The molecule has 0 spiro atoms. The van der Waals surface area contributed by atoms with Crippen LogP contribution in [-0.4, -0.2) is 16.1 Å². The first-order valence-corrected chi connectivity index (χ1v) is 7.54. The van der Waals surface area contributed by atoms with Gasteiger partial charge in [-0.3, -0.25) is 0 Å². The molecule has 0 atom stereocenters. The summed E-state index contributed by atoms with van der Waals surface area (Å²) in [5.74, 6) is 1.07. The van der Waals surface area contributed by atoms with E-state index in [1.165, 1.54) is 5.56 Å². The Morgan fingerprint density at radius 2 is 1.90 bits per heavy atom. The van der Waals surface area contributed by atoms with Crippen molar-refractivity contribution < 1.29 is 0 Å². The van der Waals surface area contributed by atoms with Gasteiger partial charge in [0.1, 0.15) is 5.82 Å². The fraction of sp³-hybridized carbons (Fsp3) is 0.235. The number of imidazole rings is 1. The Morgan fingerprint density at radius 1 is 1.10 bits per heavy atom. The summed E-state index contributed by atoms with van der Waals surface area (Å²) in [5, 5.41) is 0.738. The van der Waals surface area contributed by atoms with Crippen LogP contribution in [0.2, 0.25) is 5.02 Å². The predicted octanol–water partition coefficient (Wildman–Crippen LogP) is 3.63. The molecule has 108 valence electrons. The van der Waals surface area contributed by atoms with E-state index in [0.29, 0.717) is 6.54 Å². The lowest BCUT2D eigenvalue weighted by Gasteiger charge is -2.09. The monoisotopic (exact) mass is 299 g/mol. The SMILES string of the molecule is NCCCc1nc2ccc(Cl)cc2n1Cc1ccccc1. The zero-order chi connectivity index (χ0) is 14.7. The van der Waals surface area contributed by atoms with Crippen molar-refractivity contribution in [1.29, 1.82) is 0 Å². The summed E-state index contributed by atoms with van der Waals surface area (Å²) in [6.07, 6.45) is 1.82. The summed E-state index contributed by atoms with van der Waals surface area (Å²) in [4.78, 5) is 4.74. The second-order valence-corrected chi connectivity index (χ2v) is 5.56. The van der Waals surface area contributed by atoms with Crippen LogP contribution in [0.15, 0.2) is 48.5 Å². The van der Waals surface area contributed by atoms with Gasteiger partial charge in [0.15, 0.2) is 0 Å². The average molecular weight is 300 g/mol. The van der Waals surface area contributed by atoms with Gasteiger partial charge in [-0.15, -0.1) is 0 Å². The van der Waals surface area contributed by atoms with E-state index in [4.69, 9.17) is 22.3 Å². The molecular weight excluding hydrogens is 282 g/mol. The molecule has 2 N–H and O–H groups in total. The Kier molecular flexibility index (Phi) is 4.23. The van der Waals surface area contributed by atoms with Gasteiger partial charge in [-0.1, -0.05) is 41.9 Å². The van der Waals surface area contributed by atoms with Gasteiger partial charge in [-0.05, 0) is 36.7 Å². The quantitative estimate of drug-likeness (QED) is 0.782. The normalized spacial score (nSPS) is 11.1. The number of hydrogen-bond acceptors (Lipinski definition) is 2. The van der Waals surface area contributed by atoms with Crippen LogP contribution in [0.3, 0.4) is 0 Å². The summed E-state index contributed by atoms with van der Waals surface area (Å²) >= 11 is 6.15. The topological polar surface area (TPSA) is 43.8 Å². The largest absolute Gasteiger partial charge is 0.330 e. The number of halogens is 1. The summed E-state index contributed by atoms with van der Waals surface area (Å²) in [6, 6.07) is 16.2. The van der Waals surface area contributed by atoms with Crippen molar-refractivity contribution in [2.24, 2.45) is 5.73 Å². The van der Waals surface area contributed by atoms with Gasteiger partial charge >= 0.3 is 0 Å². The van der Waals surface area contributed by atoms with Gasteiger partial charge in [0.05, 0.1) is 11.0 Å². The standard InChI is InChI=1S/C17H18ClN3/c18-14-8-9-15-16(11-14)21(17(20-15)7-4-10-19)12-13-5-2-1-3-6-13/h1-3,5-6,8-9,11H,4,7,10,12,19H2. The molecule has 0 fully saturated rings. The van der Waals surface area contributed by atoms with E-state index in [1.807, 2.05) is 24.3 Å². The Hall–Kier alpha value is -1.84. The Balaban J connectivity index is 2.05. The molecule has 2 aromatic carbocycles. The Labute approximate surface area is 129 Å². The molecule has 0 aliphatic carbocycles. The highest BCUT2D eigenvalue weighted by atomic mass is 35.5. The lowest BCUT2D eigenvalue weighted by atomic mass is 10.2. The number of nitrogens with zero attached hydrogens (tertiary/aromatic N) is 2. The smallest absolute Gasteiger partial charge is 0.110 e. The number of aryl methyl sites for hydroxylation is 1. The lowest BCUT2D eigenvalue weighted by molar-refractivity contribution is 0.703. The van der Waals surface area contributed by atoms with Gasteiger partial charge in [-0.25, -0.2) is 4.98 Å². The van der Waals surface area contributed by atoms with Crippen LogP contribution in [0.25, 0.3) is 11.0 Å². The van der Waals surface area contributed by atoms with Crippen LogP contribution >= 0.6 is 11.6 Å². The van der Waals surface area contributed by atoms with Crippen LogP contribution in [0.5, 0.6) is 0 Å². The van der Waals surface area contributed by atoms with E-state index in [9.17, 15) is 0 Å². The van der Waals surface area contributed by atoms with Gasteiger partial charge in [0.2, 0.25) is 0 Å². The first-order chi connectivity index (χ1) is 10.3. The minimum Gasteiger partial charge on any atom is -0.330 e. The van der Waals surface area contributed by atoms with Crippen LogP contribution in [0.1, 0.15) is 17.8 Å². The van der Waals surface area contributed by atoms with Crippen LogP contribution in [0.4, 0.5) is 0 Å². The molecule has 1 aromatic heterocycles. The first kappa shape index (κ1) is 14.1. The third-order valence-corrected chi connectivity index (χ3v) is 3.81. The van der Waals surface area contributed by atoms with E-state index >= 15 is 0 Å². The molecular formula is C17H18ClN3. The first-order valence-electron chi connectivity index (χ1n) is 7.16. The minimum absolute atomic E-state index is 0.676. The number of hydrogen-bond donors (Lipinski definition) is 1. The average Bonchev–Trinajstić information content (AvgIpc) is 2.84. The summed E-state index contributed by atoms with van der Waals surface area (Å²) in [5.41, 5.74) is 8.96. The molecule has 0 bridgehead atoms. The molecule has 3 nitrogen and oxygen atoms in total. The van der Waals surface area contributed by atoms with Crippen LogP contribution in [0, 0.1) is 0 Å². The molecule has 21 heavy (non-hydrogen) atoms. The fourth-order valence-corrected chi connectivity index (χ4v) is 2.71. The van der Waals surface area contributed by atoms with E-state index in [1.54, 1.807) is 0 Å². The minimum atomic E-state index is 0.676. The zero-order valence-electron chi connectivity index (χ0n) is 11.8. The number of benzene rings is 2. The molecule has 0 aliphatic rings. The molecule has 3 rings (SSSR count). The molecule has 3 aromatic rings. The lowest BCUT2D eigenvalue weighted by Crippen LogP contribution is -2.08. The maximum Gasteiger partial charge on any atom is 0.110 e. The van der Waals surface area contributed by atoms with Crippen molar-refractivity contribution >= 4 is 22.6 Å². The number of fused-ring (bicyclic) bond motifs is 1. The fourth-order valence-electron chi connectivity index (χ4n) is 2.54. The van der Waals surface area contributed by atoms with Crippen molar-refractivity contribution in [1.82, 2.24) is 9.55 Å². The molecule has 0 saturated heterocycles. The maximum absolute atomic E-state index is 6.15. The van der Waals surface area contributed by atoms with Crippen molar-refractivity contribution in [2.45, 2.75) is 19.4 Å². The number of nitrogens with two attached hydrogens (primary N) is 1. The summed E-state index contributed by atoms with van der Waals surface area (Å²) in [7, 11) is 0. The highest BCUT2D eigenvalue weighted by molar-refractivity contribution is 6.31. The van der Waals surface area contributed by atoms with Crippen molar-refractivity contribution in [3.05, 3.63) is 64.9 Å². The number of aromatic nitrogens is 2. The van der Waals surface area contributed by atoms with E-state index in [2.05, 4.69) is 28.8 Å². The molecule has 0 aliphatic heterocycles. The zero-order valence-corrected chi connectivity index (χ0v) is 12.6. The maximum atomic E-state index is 6.15. The molecule has 1 heterocycles. The molecule has 0 saturated carbocycles.